The molecule has 2 saturated heterocycles. The summed E-state index contributed by atoms with van der Waals surface area (Å²) in [5, 5.41) is 0. The van der Waals surface area contributed by atoms with E-state index in [2.05, 4.69) is 9.97 Å². The number of ether oxygens (including phenoxy) is 1. The predicted octanol–water partition coefficient (Wildman–Crippen LogP) is 4.18. The molecule has 10 heteroatoms. The Bertz CT molecular complexity index is 1010. The minimum Gasteiger partial charge on any atom is -0.457 e. The minimum absolute atomic E-state index is 0.194. The van der Waals surface area contributed by atoms with Crippen LogP contribution in [0.15, 0.2) is 30.6 Å². The van der Waals surface area contributed by atoms with Crippen LogP contribution in [-0.2, 0) is 6.18 Å². The van der Waals surface area contributed by atoms with E-state index in [-0.39, 0.29) is 24.5 Å². The van der Waals surface area contributed by atoms with Gasteiger partial charge in [-0.25, -0.2) is 14.3 Å². The van der Waals surface area contributed by atoms with Gasteiger partial charge >= 0.3 is 6.18 Å². The van der Waals surface area contributed by atoms with Crippen LogP contribution in [0, 0.1) is 5.82 Å². The lowest BCUT2D eigenvalue weighted by atomic mass is 10.1. The van der Waals surface area contributed by atoms with Gasteiger partial charge in [0.15, 0.2) is 6.23 Å². The number of hydrogen-bond donors (Lipinski definition) is 0. The molecule has 3 aliphatic rings. The lowest BCUT2D eigenvalue weighted by Gasteiger charge is -2.40. The summed E-state index contributed by atoms with van der Waals surface area (Å²) < 4.78 is 58.9. The molecule has 0 N–H and O–H groups in total. The highest BCUT2D eigenvalue weighted by atomic mass is 19.4. The van der Waals surface area contributed by atoms with Crippen LogP contribution < -0.4 is 4.74 Å². The van der Waals surface area contributed by atoms with Gasteiger partial charge in [0.05, 0.1) is 30.3 Å². The highest BCUT2D eigenvalue weighted by Crippen LogP contribution is 2.39. The first-order valence-corrected chi connectivity index (χ1v) is 10.7. The van der Waals surface area contributed by atoms with Crippen molar-refractivity contribution >= 4 is 5.91 Å². The second-order valence-corrected chi connectivity index (χ2v) is 8.60. The molecule has 3 heterocycles. The van der Waals surface area contributed by atoms with E-state index in [4.69, 9.17) is 4.74 Å². The second-order valence-electron chi connectivity index (χ2n) is 8.60. The topological polar surface area (TPSA) is 58.6 Å². The zero-order chi connectivity index (χ0) is 22.5. The maximum Gasteiger partial charge on any atom is 0.416 e. The van der Waals surface area contributed by atoms with E-state index in [9.17, 15) is 22.4 Å². The van der Waals surface area contributed by atoms with Gasteiger partial charge in [-0.15, -0.1) is 0 Å². The number of aromatic nitrogens is 2. The van der Waals surface area contributed by atoms with Crippen molar-refractivity contribution in [3.8, 4) is 5.88 Å². The van der Waals surface area contributed by atoms with Gasteiger partial charge in [0.1, 0.15) is 5.82 Å². The fourth-order valence-electron chi connectivity index (χ4n) is 4.46. The van der Waals surface area contributed by atoms with Gasteiger partial charge in [0.2, 0.25) is 5.88 Å². The van der Waals surface area contributed by atoms with Crippen molar-refractivity contribution in [2.24, 2.45) is 0 Å². The first kappa shape index (κ1) is 21.1. The molecule has 2 atom stereocenters. The Labute approximate surface area is 182 Å². The van der Waals surface area contributed by atoms with Crippen molar-refractivity contribution in [3.05, 3.63) is 53.2 Å². The Morgan fingerprint density at radius 2 is 1.84 bits per heavy atom. The maximum atomic E-state index is 13.8. The summed E-state index contributed by atoms with van der Waals surface area (Å²) in [5.74, 6) is -0.820. The molecule has 1 aromatic carbocycles. The summed E-state index contributed by atoms with van der Waals surface area (Å²) in [7, 11) is 0. The summed E-state index contributed by atoms with van der Waals surface area (Å²) in [4.78, 5) is 25.1. The zero-order valence-electron chi connectivity index (χ0n) is 17.2. The van der Waals surface area contributed by atoms with Crippen LogP contribution in [0.4, 0.5) is 17.6 Å². The van der Waals surface area contributed by atoms with Crippen LogP contribution in [0.5, 0.6) is 5.88 Å². The average Bonchev–Trinajstić information content (AvgIpc) is 3.54. The molecule has 0 spiro atoms. The normalized spacial score (nSPS) is 23.8. The Balaban J connectivity index is 1.28. The van der Waals surface area contributed by atoms with Crippen LogP contribution >= 0.6 is 0 Å². The molecule has 6 nitrogen and oxygen atoms in total. The summed E-state index contributed by atoms with van der Waals surface area (Å²) in [6.07, 6.45) is 2.87. The van der Waals surface area contributed by atoms with Crippen LogP contribution in [0.1, 0.15) is 59.6 Å². The molecule has 2 aromatic rings. The highest BCUT2D eigenvalue weighted by molar-refractivity contribution is 5.94. The third-order valence-corrected chi connectivity index (χ3v) is 6.31. The van der Waals surface area contributed by atoms with Gasteiger partial charge < -0.3 is 9.64 Å². The number of carbonyl (C=O) groups is 1. The number of nitrogens with zero attached hydrogens (tertiary/aromatic N) is 4. The van der Waals surface area contributed by atoms with E-state index in [0.717, 1.165) is 37.4 Å². The van der Waals surface area contributed by atoms with Crippen LogP contribution in [0.25, 0.3) is 0 Å². The number of benzene rings is 1. The first-order chi connectivity index (χ1) is 15.3. The Morgan fingerprint density at radius 3 is 2.53 bits per heavy atom. The fraction of sp³-hybridized carbons (Fsp3) is 0.500. The van der Waals surface area contributed by atoms with Crippen molar-refractivity contribution in [1.29, 1.82) is 0 Å². The molecule has 0 unspecified atom stereocenters. The Hall–Kier alpha value is -2.75. The SMILES string of the molecule is O=C(c1cc(F)cc(C(F)(F)F)c1)N1CC[C@@H]2CC[C@H](Oc3cnc(C4CC4)cn3)N2C1. The largest absolute Gasteiger partial charge is 0.457 e. The van der Waals surface area contributed by atoms with Crippen LogP contribution in [0.2, 0.25) is 0 Å². The number of fused-ring (bicyclic) bond motifs is 1. The molecule has 1 aliphatic carbocycles. The van der Waals surface area contributed by atoms with Gasteiger partial charge in [0.25, 0.3) is 5.91 Å². The van der Waals surface area contributed by atoms with Crippen molar-refractivity contribution in [3.63, 3.8) is 0 Å². The van der Waals surface area contributed by atoms with E-state index < -0.39 is 23.5 Å². The van der Waals surface area contributed by atoms with Crippen molar-refractivity contribution in [1.82, 2.24) is 19.8 Å². The fourth-order valence-corrected chi connectivity index (χ4v) is 4.46. The summed E-state index contributed by atoms with van der Waals surface area (Å²) in [5.41, 5.74) is -0.523. The lowest BCUT2D eigenvalue weighted by Crippen LogP contribution is -2.53. The molecule has 0 radical (unpaired) electrons. The van der Waals surface area contributed by atoms with Gasteiger partial charge in [-0.1, -0.05) is 0 Å². The third-order valence-electron chi connectivity index (χ3n) is 6.31. The van der Waals surface area contributed by atoms with Gasteiger partial charge in [-0.3, -0.25) is 9.78 Å². The highest BCUT2D eigenvalue weighted by Gasteiger charge is 2.41. The molecular weight excluding hydrogens is 428 g/mol. The second kappa shape index (κ2) is 7.99. The number of alkyl halides is 3. The molecule has 0 bridgehead atoms. The number of hydrogen-bond acceptors (Lipinski definition) is 5. The molecular formula is C22H22F4N4O2. The maximum absolute atomic E-state index is 13.8. The van der Waals surface area contributed by atoms with Gasteiger partial charge in [0, 0.05) is 24.1 Å². The summed E-state index contributed by atoms with van der Waals surface area (Å²) in [6.45, 7) is 0.583. The molecule has 2 aliphatic heterocycles. The molecule has 3 fully saturated rings. The smallest absolute Gasteiger partial charge is 0.416 e. The predicted molar refractivity (Wildman–Crippen MR) is 105 cm³/mol. The molecule has 170 valence electrons. The standard InChI is InChI=1S/C22H22F4N4O2/c23-16-8-14(7-15(9-16)22(24,25)26)21(31)29-6-5-17-3-4-20(30(17)12-29)32-19-11-27-18(10-28-19)13-1-2-13/h7-11,13,17,20H,1-6,12H2/t17-,20-/m0/s1. The summed E-state index contributed by atoms with van der Waals surface area (Å²) in [6, 6.07) is 2.15. The molecule has 1 aromatic heterocycles. The Kier molecular flexibility index (Phi) is 5.27. The number of halogens is 4. The monoisotopic (exact) mass is 450 g/mol. The lowest BCUT2D eigenvalue weighted by molar-refractivity contribution is -0.137. The number of amides is 1. The number of rotatable bonds is 4. The van der Waals surface area contributed by atoms with E-state index in [1.807, 2.05) is 4.90 Å². The van der Waals surface area contributed by atoms with Crippen molar-refractivity contribution in [2.45, 2.75) is 56.5 Å². The molecule has 1 saturated carbocycles. The first-order valence-electron chi connectivity index (χ1n) is 10.7. The summed E-state index contributed by atoms with van der Waals surface area (Å²) >= 11 is 0. The zero-order valence-corrected chi connectivity index (χ0v) is 17.2. The quantitative estimate of drug-likeness (QED) is 0.654. The Morgan fingerprint density at radius 1 is 1.03 bits per heavy atom. The van der Waals surface area contributed by atoms with Gasteiger partial charge in [-0.2, -0.15) is 13.2 Å². The molecule has 5 rings (SSSR count). The van der Waals surface area contributed by atoms with E-state index in [1.165, 1.54) is 4.90 Å². The van der Waals surface area contributed by atoms with Crippen molar-refractivity contribution < 1.29 is 27.1 Å². The van der Waals surface area contributed by atoms with Crippen LogP contribution in [0.3, 0.4) is 0 Å². The number of carbonyl (C=O) groups excluding carboxylic acids is 1. The van der Waals surface area contributed by atoms with E-state index in [1.54, 1.807) is 12.4 Å². The average molecular weight is 450 g/mol. The van der Waals surface area contributed by atoms with Crippen LogP contribution in [-0.4, -0.2) is 51.2 Å². The van der Waals surface area contributed by atoms with Crippen molar-refractivity contribution in [2.75, 3.05) is 13.2 Å². The van der Waals surface area contributed by atoms with E-state index in [0.29, 0.717) is 36.9 Å². The van der Waals surface area contributed by atoms with Gasteiger partial charge in [-0.05, 0) is 50.3 Å². The van der Waals surface area contributed by atoms with E-state index >= 15 is 0 Å². The molecule has 32 heavy (non-hydrogen) atoms. The molecule has 1 amide bonds. The third kappa shape index (κ3) is 4.28. The minimum atomic E-state index is -4.73.